The average Bonchev–Trinajstić information content (AvgIpc) is 1.56. The number of aromatic amines is 2. The summed E-state index contributed by atoms with van der Waals surface area (Å²) in [5, 5.41) is 24.2. The number of hydrogen-bond donors (Lipinski definition) is 7. The monoisotopic (exact) mass is 1450 g/mol. The number of carbonyl (C=O) groups is 7. The van der Waals surface area contributed by atoms with Crippen LogP contribution in [0.2, 0.25) is 0 Å². The Labute approximate surface area is 603 Å². The number of alkyl halides is 1. The van der Waals surface area contributed by atoms with Crippen molar-refractivity contribution >= 4 is 93.9 Å². The van der Waals surface area contributed by atoms with Crippen LogP contribution in [0.1, 0.15) is 134 Å². The number of aromatic carboxylic acids is 2. The molecule has 0 atom stereocenters. The van der Waals surface area contributed by atoms with E-state index in [0.717, 1.165) is 44.0 Å². The molecule has 26 nitrogen and oxygen atoms in total. The molecule has 0 aliphatic carbocycles. The van der Waals surface area contributed by atoms with Crippen LogP contribution in [0.4, 0.5) is 4.79 Å². The largest absolute Gasteiger partial charge is 1.00 e. The van der Waals surface area contributed by atoms with Crippen molar-refractivity contribution in [2.75, 3.05) is 54.9 Å². The van der Waals surface area contributed by atoms with Gasteiger partial charge in [-0.1, -0.05) is 115 Å². The summed E-state index contributed by atoms with van der Waals surface area (Å²) in [5.74, 6) is 4.11. The van der Waals surface area contributed by atoms with Gasteiger partial charge in [0.2, 0.25) is 0 Å². The molecule has 7 aromatic heterocycles. The Morgan fingerprint density at radius 3 is 1.42 bits per heavy atom. The zero-order chi connectivity index (χ0) is 72.0. The number of allylic oxidation sites excluding steroid dienone is 1. The van der Waals surface area contributed by atoms with Crippen LogP contribution in [-0.2, 0) is 25.5 Å². The van der Waals surface area contributed by atoms with Crippen molar-refractivity contribution in [2.24, 2.45) is 23.7 Å². The second-order valence-corrected chi connectivity index (χ2v) is 21.6. The second kappa shape index (κ2) is 60.0. The SMILES string of the molecule is C=CCBr.C=CCOC(=O)c1ccc[nH]1.C=CCOC(=O)c1cccn1N.C=CCOC(=O)c1cccn1NCCC(C)C.CC(C)CC=O.CC(C)CCNn1cccc1C(=O)O.CC(C)CCn1c(=O)oc(=O)c2cccn21.O=C(Cl)Cl.O=C(O)c1ccc[nH]1.[B].[C-]#N.[Na+]. The van der Waals surface area contributed by atoms with E-state index in [9.17, 15) is 38.4 Å². The van der Waals surface area contributed by atoms with E-state index >= 15 is 0 Å². The molecular formula is C65H89BBrCl2N11NaO15. The number of nitrogen functional groups attached to an aromatic ring is 1. The van der Waals surface area contributed by atoms with Crippen molar-refractivity contribution in [1.82, 2.24) is 33.2 Å². The number of aldehydes is 1. The summed E-state index contributed by atoms with van der Waals surface area (Å²) in [5.41, 5.74) is 7.82. The van der Waals surface area contributed by atoms with Gasteiger partial charge in [0.25, 0.3) is 0 Å². The van der Waals surface area contributed by atoms with Gasteiger partial charge in [-0.3, -0.25) is 18.8 Å². The van der Waals surface area contributed by atoms with Crippen molar-refractivity contribution in [1.29, 1.82) is 5.26 Å². The molecule has 0 aliphatic heterocycles. The van der Waals surface area contributed by atoms with Crippen molar-refractivity contribution in [3.05, 3.63) is 217 Å². The van der Waals surface area contributed by atoms with Gasteiger partial charge in [0.05, 0.1) is 0 Å². The number of carboxylic acids is 2. The third-order valence-electron chi connectivity index (χ3n) is 10.7. The summed E-state index contributed by atoms with van der Waals surface area (Å²) in [7, 11) is 0. The summed E-state index contributed by atoms with van der Waals surface area (Å²) < 4.78 is 25.7. The number of ether oxygens (including phenoxy) is 3. The number of halogens is 3. The Balaban J connectivity index is -0.000000332. The number of nitrogens with zero attached hydrogens (tertiary/aromatic N) is 6. The molecule has 0 unspecified atom stereocenters. The summed E-state index contributed by atoms with van der Waals surface area (Å²) in [4.78, 5) is 101. The number of hydrogen-bond acceptors (Lipinski definition) is 17. The van der Waals surface area contributed by atoms with Crippen LogP contribution in [0.5, 0.6) is 0 Å². The number of nitrogens with one attached hydrogen (secondary N) is 4. The van der Waals surface area contributed by atoms with Gasteiger partial charge in [-0.15, -0.1) is 6.58 Å². The first-order chi connectivity index (χ1) is 44.7. The average molecular weight is 1450 g/mol. The fourth-order valence-electron chi connectivity index (χ4n) is 6.23. The van der Waals surface area contributed by atoms with Gasteiger partial charge in [-0.25, -0.2) is 42.8 Å². The fourth-order valence-corrected chi connectivity index (χ4v) is 6.23. The number of aromatic nitrogens is 7. The standard InChI is InChI=1S/C13H20N2O2.C11H14N2O3.C10H16N2O2.C8H10N2O2.C8H9NO2.C5H5NO2.C5H10O.C3H5Br.CCl2O.CN.B.Na/c1-4-10-17-13(16)12-6-5-9-15(12)14-8-7-11(2)3;1-8(2)5-7-13-11(15)16-10(14)9-4-3-6-12(9)13;1-8(2)5-6-11-12-7-3-4-9(12)10(13)14;1-2-6-12-8(11)7-4-3-5-10(7)9;1-2-6-11-8(10)7-4-3-5-9-7;7-5(8)4-2-1-3-6-4;1-5(2)3-4-6;1-2-3-4;2-1(3)4;1-2;;/h4-6,9,11,14H,1,7-8,10H2,2-3H3;3-4,6,8H,5,7H2,1-2H3;3-4,7-8,11H,5-6H2,1-2H3,(H,13,14);2-5H,1,6,9H2;2-5,9H,1,6H2;1-3,6H,(H,7,8);4-5H,3H2,1-2H3;2H,1,3H2;;;;/q;;;;;;;;;-1;;+1. The number of rotatable bonds is 25. The number of fused-ring (bicyclic) bond motifs is 1. The van der Waals surface area contributed by atoms with Gasteiger partial charge in [0, 0.05) is 77.0 Å². The Kier molecular flexibility index (Phi) is 60.0. The van der Waals surface area contributed by atoms with Gasteiger partial charge in [0.1, 0.15) is 60.1 Å². The quantitative estimate of drug-likeness (QED) is 0.00323. The van der Waals surface area contributed by atoms with Crippen LogP contribution in [0, 0.1) is 35.5 Å². The molecule has 0 saturated heterocycles. The van der Waals surface area contributed by atoms with E-state index in [1.165, 1.54) is 27.6 Å². The molecule has 96 heavy (non-hydrogen) atoms. The minimum atomic E-state index is -0.921. The third-order valence-corrected chi connectivity index (χ3v) is 11.2. The van der Waals surface area contributed by atoms with Crippen LogP contribution < -0.4 is 57.6 Å². The summed E-state index contributed by atoms with van der Waals surface area (Å²) >= 11 is 11.9. The molecule has 0 aromatic carbocycles. The van der Waals surface area contributed by atoms with Crippen molar-refractivity contribution < 1.29 is 92.0 Å². The van der Waals surface area contributed by atoms with E-state index < -0.39 is 34.0 Å². The van der Waals surface area contributed by atoms with Gasteiger partial charge >= 0.3 is 75.5 Å². The van der Waals surface area contributed by atoms with Gasteiger partial charge < -0.3 is 72.1 Å². The molecule has 7 rings (SSSR count). The van der Waals surface area contributed by atoms with E-state index in [1.54, 1.807) is 118 Å². The molecule has 7 heterocycles. The Morgan fingerprint density at radius 2 is 1.05 bits per heavy atom. The number of aryl methyl sites for hydroxylation is 1. The topological polar surface area (TPSA) is 365 Å². The number of carboxylic acid groups (broad SMARTS) is 2. The summed E-state index contributed by atoms with van der Waals surface area (Å²) in [6, 6.07) is 20.0. The zero-order valence-corrected chi connectivity index (χ0v) is 61.0. The van der Waals surface area contributed by atoms with Crippen LogP contribution in [0.3, 0.4) is 0 Å². The maximum Gasteiger partial charge on any atom is 1.00 e. The van der Waals surface area contributed by atoms with E-state index in [0.29, 0.717) is 59.2 Å². The van der Waals surface area contributed by atoms with Gasteiger partial charge in [-0.05, 0) is 139 Å². The normalized spacial score (nSPS) is 9.34. The number of nitrogens with two attached hydrogens (primary N) is 1. The maximum absolute atomic E-state index is 11.7. The first-order valence-electron chi connectivity index (χ1n) is 28.9. The van der Waals surface area contributed by atoms with Gasteiger partial charge in [0.15, 0.2) is 0 Å². The number of carbonyl (C=O) groups excluding carboxylic acids is 5. The van der Waals surface area contributed by atoms with Crippen molar-refractivity contribution in [2.45, 2.75) is 87.6 Å². The smallest absolute Gasteiger partial charge is 0.512 e. The molecular weight excluding hydrogens is 1360 g/mol. The second-order valence-electron chi connectivity index (χ2n) is 20.1. The molecule has 0 amide bonds. The molecule has 0 saturated carbocycles. The molecule has 7 aromatic rings. The van der Waals surface area contributed by atoms with E-state index in [1.807, 2.05) is 26.1 Å². The third kappa shape index (κ3) is 46.4. The van der Waals surface area contributed by atoms with Crippen molar-refractivity contribution in [3.63, 3.8) is 0 Å². The van der Waals surface area contributed by atoms with Crippen molar-refractivity contribution in [3.8, 4) is 0 Å². The van der Waals surface area contributed by atoms with E-state index in [2.05, 4.69) is 132 Å². The van der Waals surface area contributed by atoms with E-state index in [-0.39, 0.29) is 81.1 Å². The van der Waals surface area contributed by atoms with Crippen LogP contribution >= 0.6 is 39.1 Å². The van der Waals surface area contributed by atoms with E-state index in [4.69, 9.17) is 46.9 Å². The molecule has 0 fully saturated rings. The van der Waals surface area contributed by atoms with Gasteiger partial charge in [-0.2, -0.15) is 0 Å². The predicted octanol–water partition coefficient (Wildman–Crippen LogP) is 9.01. The Morgan fingerprint density at radius 1 is 0.635 bits per heavy atom. The summed E-state index contributed by atoms with van der Waals surface area (Å²) in [6.07, 6.45) is 21.0. The first-order valence-corrected chi connectivity index (χ1v) is 30.8. The molecule has 3 radical (unpaired) electrons. The molecule has 519 valence electrons. The van der Waals surface area contributed by atoms with Crippen LogP contribution in [0.15, 0.2) is 175 Å². The number of esters is 3. The molecule has 0 aliphatic rings. The Bertz CT molecular complexity index is 3400. The molecule has 0 spiro atoms. The number of H-pyrrole nitrogens is 2. The minimum absolute atomic E-state index is 0. The fraction of sp³-hybridized carbons (Fsp3) is 0.354. The van der Waals surface area contributed by atoms with Crippen LogP contribution in [0.25, 0.3) is 5.52 Å². The Hall–Kier alpha value is -8.72. The molecule has 0 bridgehead atoms. The predicted molar refractivity (Wildman–Crippen MR) is 375 cm³/mol. The first kappa shape index (κ1) is 96.0. The molecule has 31 heteroatoms. The maximum atomic E-state index is 11.7. The minimum Gasteiger partial charge on any atom is -0.512 e. The summed E-state index contributed by atoms with van der Waals surface area (Å²) in [6.45, 7) is 38.2. The zero-order valence-electron chi connectivity index (χ0n) is 55.9. The van der Waals surface area contributed by atoms with Crippen LogP contribution in [-0.4, -0.2) is 131 Å². The molecule has 8 N–H and O–H groups in total.